The lowest BCUT2D eigenvalue weighted by Gasteiger charge is -2.19. The Morgan fingerprint density at radius 2 is 1.54 bits per heavy atom. The molecular weight excluding hydrogens is 372 g/mol. The summed E-state index contributed by atoms with van der Waals surface area (Å²) in [7, 11) is 2.02. The van der Waals surface area contributed by atoms with E-state index in [0.29, 0.717) is 16.3 Å². The van der Waals surface area contributed by atoms with Crippen molar-refractivity contribution in [3.8, 4) is 0 Å². The lowest BCUT2D eigenvalue weighted by atomic mass is 10.0. The molecule has 0 atom stereocenters. The molecule has 0 unspecified atom stereocenters. The SMILES string of the molecule is CN(c1ccccc1)c1ccc(/C=C2/C(=O)ON=C2c2ccc(Cl)cc2)cc1. The van der Waals surface area contributed by atoms with Crippen molar-refractivity contribution in [1.29, 1.82) is 0 Å². The van der Waals surface area contributed by atoms with Gasteiger partial charge in [0.25, 0.3) is 0 Å². The maximum Gasteiger partial charge on any atom is 0.368 e. The predicted molar refractivity (Wildman–Crippen MR) is 113 cm³/mol. The number of nitrogens with zero attached hydrogens (tertiary/aromatic N) is 2. The van der Waals surface area contributed by atoms with E-state index in [4.69, 9.17) is 16.4 Å². The number of carbonyl (C=O) groups excluding carboxylic acids is 1. The fourth-order valence-corrected chi connectivity index (χ4v) is 3.11. The molecule has 138 valence electrons. The summed E-state index contributed by atoms with van der Waals surface area (Å²) in [4.78, 5) is 19.1. The number of halogens is 1. The van der Waals surface area contributed by atoms with Crippen molar-refractivity contribution >= 4 is 40.7 Å². The Kier molecular flexibility index (Phi) is 4.96. The van der Waals surface area contributed by atoms with Gasteiger partial charge in [-0.25, -0.2) is 4.79 Å². The normalized spacial score (nSPS) is 14.7. The van der Waals surface area contributed by atoms with E-state index in [1.54, 1.807) is 18.2 Å². The Morgan fingerprint density at radius 3 is 2.21 bits per heavy atom. The van der Waals surface area contributed by atoms with Crippen LogP contribution in [0.1, 0.15) is 11.1 Å². The highest BCUT2D eigenvalue weighted by molar-refractivity contribution is 6.32. The van der Waals surface area contributed by atoms with E-state index in [9.17, 15) is 4.79 Å². The van der Waals surface area contributed by atoms with Gasteiger partial charge in [-0.2, -0.15) is 0 Å². The monoisotopic (exact) mass is 388 g/mol. The Bertz CT molecular complexity index is 1060. The van der Waals surface area contributed by atoms with Crippen molar-refractivity contribution in [2.45, 2.75) is 0 Å². The van der Waals surface area contributed by atoms with Gasteiger partial charge in [-0.3, -0.25) is 0 Å². The summed E-state index contributed by atoms with van der Waals surface area (Å²) in [6.45, 7) is 0. The van der Waals surface area contributed by atoms with Crippen molar-refractivity contribution in [1.82, 2.24) is 0 Å². The minimum absolute atomic E-state index is 0.423. The summed E-state index contributed by atoms with van der Waals surface area (Å²) in [5, 5.41) is 4.55. The highest BCUT2D eigenvalue weighted by Crippen LogP contribution is 2.26. The first-order valence-corrected chi connectivity index (χ1v) is 9.16. The molecular formula is C23H17ClN2O2. The lowest BCUT2D eigenvalue weighted by Crippen LogP contribution is -2.09. The zero-order valence-corrected chi connectivity index (χ0v) is 15.9. The second kappa shape index (κ2) is 7.71. The topological polar surface area (TPSA) is 41.9 Å². The molecule has 3 aromatic rings. The fraction of sp³-hybridized carbons (Fsp3) is 0.0435. The molecule has 5 heteroatoms. The van der Waals surface area contributed by atoms with Crippen molar-refractivity contribution in [2.24, 2.45) is 5.16 Å². The molecule has 1 heterocycles. The maximum atomic E-state index is 12.2. The molecule has 0 aliphatic carbocycles. The molecule has 3 aromatic carbocycles. The van der Waals surface area contributed by atoms with Crippen LogP contribution in [-0.4, -0.2) is 18.7 Å². The Balaban J connectivity index is 1.60. The molecule has 0 radical (unpaired) electrons. The summed E-state index contributed by atoms with van der Waals surface area (Å²) in [6, 6.07) is 25.2. The third kappa shape index (κ3) is 3.68. The molecule has 0 aromatic heterocycles. The number of para-hydroxylation sites is 1. The van der Waals surface area contributed by atoms with Crippen LogP contribution in [0.4, 0.5) is 11.4 Å². The number of hydrogen-bond donors (Lipinski definition) is 0. The summed E-state index contributed by atoms with van der Waals surface area (Å²) in [5.41, 5.74) is 4.75. The van der Waals surface area contributed by atoms with Gasteiger partial charge in [-0.15, -0.1) is 0 Å². The Morgan fingerprint density at radius 1 is 0.893 bits per heavy atom. The van der Waals surface area contributed by atoms with Crippen LogP contribution >= 0.6 is 11.6 Å². The molecule has 0 saturated carbocycles. The van der Waals surface area contributed by atoms with Crippen LogP contribution in [0.3, 0.4) is 0 Å². The number of hydrogen-bond acceptors (Lipinski definition) is 4. The number of benzene rings is 3. The van der Waals surface area contributed by atoms with E-state index in [-0.39, 0.29) is 0 Å². The van der Waals surface area contributed by atoms with Crippen LogP contribution in [-0.2, 0) is 9.63 Å². The maximum absolute atomic E-state index is 12.2. The molecule has 0 spiro atoms. The molecule has 0 fully saturated rings. The molecule has 0 bridgehead atoms. The minimum Gasteiger partial charge on any atom is -0.345 e. The molecule has 4 rings (SSSR count). The van der Waals surface area contributed by atoms with Crippen LogP contribution in [0.15, 0.2) is 89.6 Å². The lowest BCUT2D eigenvalue weighted by molar-refractivity contribution is -0.136. The highest BCUT2D eigenvalue weighted by atomic mass is 35.5. The number of carbonyl (C=O) groups is 1. The number of anilines is 2. The van der Waals surface area contributed by atoms with Crippen molar-refractivity contribution in [3.63, 3.8) is 0 Å². The van der Waals surface area contributed by atoms with Crippen LogP contribution in [0.25, 0.3) is 6.08 Å². The predicted octanol–water partition coefficient (Wildman–Crippen LogP) is 5.45. The molecule has 1 aliphatic rings. The van der Waals surface area contributed by atoms with Gasteiger partial charge in [0.2, 0.25) is 0 Å². The summed E-state index contributed by atoms with van der Waals surface area (Å²) in [6.07, 6.45) is 1.79. The van der Waals surface area contributed by atoms with E-state index >= 15 is 0 Å². The smallest absolute Gasteiger partial charge is 0.345 e. The van der Waals surface area contributed by atoms with Crippen LogP contribution in [0.5, 0.6) is 0 Å². The average Bonchev–Trinajstić information content (AvgIpc) is 3.09. The largest absolute Gasteiger partial charge is 0.368 e. The summed E-state index contributed by atoms with van der Waals surface area (Å²) >= 11 is 5.94. The fourth-order valence-electron chi connectivity index (χ4n) is 2.99. The van der Waals surface area contributed by atoms with E-state index in [1.165, 1.54) is 0 Å². The van der Waals surface area contributed by atoms with E-state index < -0.39 is 5.97 Å². The first-order valence-electron chi connectivity index (χ1n) is 8.78. The standard InChI is InChI=1S/C23H17ClN2O2/c1-26(19-5-3-2-4-6-19)20-13-7-16(8-14-20)15-21-22(25-28-23(21)27)17-9-11-18(24)12-10-17/h2-15H,1H3/b21-15+. The van der Waals surface area contributed by atoms with Crippen LogP contribution in [0.2, 0.25) is 5.02 Å². The van der Waals surface area contributed by atoms with Gasteiger partial charge in [-0.1, -0.05) is 59.2 Å². The molecule has 0 saturated heterocycles. The molecule has 1 aliphatic heterocycles. The van der Waals surface area contributed by atoms with Crippen LogP contribution in [0, 0.1) is 0 Å². The third-order valence-electron chi connectivity index (χ3n) is 4.55. The second-order valence-corrected chi connectivity index (χ2v) is 6.81. The molecule has 28 heavy (non-hydrogen) atoms. The van der Waals surface area contributed by atoms with Gasteiger partial charge in [0.05, 0.1) is 5.57 Å². The van der Waals surface area contributed by atoms with E-state index in [0.717, 1.165) is 22.5 Å². The summed E-state index contributed by atoms with van der Waals surface area (Å²) in [5.74, 6) is -0.463. The Hall–Kier alpha value is -3.37. The molecule has 4 nitrogen and oxygen atoms in total. The molecule has 0 amide bonds. The first kappa shape index (κ1) is 18.0. The van der Waals surface area contributed by atoms with Crippen molar-refractivity contribution in [3.05, 3.63) is 101 Å². The zero-order chi connectivity index (χ0) is 19.5. The van der Waals surface area contributed by atoms with Crippen molar-refractivity contribution < 1.29 is 9.63 Å². The van der Waals surface area contributed by atoms with Crippen molar-refractivity contribution in [2.75, 3.05) is 11.9 Å². The zero-order valence-electron chi connectivity index (χ0n) is 15.2. The number of oxime groups is 1. The second-order valence-electron chi connectivity index (χ2n) is 6.37. The van der Waals surface area contributed by atoms with Gasteiger partial charge >= 0.3 is 5.97 Å². The van der Waals surface area contributed by atoms with E-state index in [1.807, 2.05) is 61.6 Å². The van der Waals surface area contributed by atoms with Gasteiger partial charge in [0, 0.05) is 29.0 Å². The highest BCUT2D eigenvalue weighted by Gasteiger charge is 2.26. The van der Waals surface area contributed by atoms with Gasteiger partial charge in [-0.05, 0) is 48.0 Å². The summed E-state index contributed by atoms with van der Waals surface area (Å²) < 4.78 is 0. The van der Waals surface area contributed by atoms with Gasteiger partial charge in [0.15, 0.2) is 0 Å². The number of rotatable bonds is 4. The Labute approximate surface area is 168 Å². The first-order chi connectivity index (χ1) is 13.6. The molecule has 0 N–H and O–H groups in total. The average molecular weight is 389 g/mol. The quantitative estimate of drug-likeness (QED) is 0.440. The van der Waals surface area contributed by atoms with Crippen LogP contribution < -0.4 is 4.90 Å². The van der Waals surface area contributed by atoms with E-state index in [2.05, 4.69) is 22.2 Å². The third-order valence-corrected chi connectivity index (χ3v) is 4.80. The van der Waals surface area contributed by atoms with Gasteiger partial charge in [0.1, 0.15) is 5.71 Å². The minimum atomic E-state index is -0.463. The van der Waals surface area contributed by atoms with Gasteiger partial charge < -0.3 is 9.74 Å².